The summed E-state index contributed by atoms with van der Waals surface area (Å²) in [7, 11) is 0. The minimum absolute atomic E-state index is 0.0845. The van der Waals surface area contributed by atoms with Crippen molar-refractivity contribution < 1.29 is 14.4 Å². The van der Waals surface area contributed by atoms with E-state index >= 15 is 0 Å². The van der Waals surface area contributed by atoms with Crippen LogP contribution in [-0.2, 0) is 0 Å². The molecule has 0 saturated carbocycles. The Morgan fingerprint density at radius 1 is 1.00 bits per heavy atom. The van der Waals surface area contributed by atoms with E-state index in [-0.39, 0.29) is 22.4 Å². The first kappa shape index (κ1) is 17.3. The van der Waals surface area contributed by atoms with Gasteiger partial charge in [0.25, 0.3) is 5.24 Å². The van der Waals surface area contributed by atoms with Crippen LogP contribution in [0.3, 0.4) is 0 Å². The Hall–Kier alpha value is -2.02. The highest BCUT2D eigenvalue weighted by Gasteiger charge is 2.26. The molecule has 1 aromatic carbocycles. The molecule has 0 bridgehead atoms. The zero-order chi connectivity index (χ0) is 16.8. The van der Waals surface area contributed by atoms with Gasteiger partial charge in [-0.05, 0) is 13.8 Å². The Balaban J connectivity index is 1.82. The number of rotatable bonds is 2. The van der Waals surface area contributed by atoms with Crippen molar-refractivity contribution >= 4 is 28.1 Å². The highest BCUT2D eigenvalue weighted by molar-refractivity contribution is 8.26. The van der Waals surface area contributed by atoms with Gasteiger partial charge >= 0.3 is 6.03 Å². The van der Waals surface area contributed by atoms with Crippen LogP contribution in [-0.4, -0.2) is 58.4 Å². The van der Waals surface area contributed by atoms with Crippen molar-refractivity contribution in [3.63, 3.8) is 0 Å². The lowest BCUT2D eigenvalue weighted by Gasteiger charge is -2.34. The maximum atomic E-state index is 12.2. The molecular weight excluding hydrogens is 314 g/mol. The molecule has 2 rings (SSSR count). The van der Waals surface area contributed by atoms with E-state index in [9.17, 15) is 14.4 Å². The van der Waals surface area contributed by atoms with Gasteiger partial charge in [-0.3, -0.25) is 9.59 Å². The van der Waals surface area contributed by atoms with Crippen LogP contribution in [0.15, 0.2) is 30.3 Å². The normalized spacial score (nSPS) is 14.7. The predicted molar refractivity (Wildman–Crippen MR) is 90.6 cm³/mol. The molecule has 0 spiro atoms. The molecular formula is C16H21N3O3S. The first-order chi connectivity index (χ1) is 11.0. The SMILES string of the molecule is CC(C)NC(=O)N1CCN(C(=O)SC(=O)c2ccccc2)CC1. The van der Waals surface area contributed by atoms with E-state index in [1.54, 1.807) is 34.1 Å². The van der Waals surface area contributed by atoms with Crippen molar-refractivity contribution in [2.45, 2.75) is 19.9 Å². The average Bonchev–Trinajstić information content (AvgIpc) is 2.55. The van der Waals surface area contributed by atoms with Gasteiger partial charge in [0, 0.05) is 49.5 Å². The maximum absolute atomic E-state index is 12.2. The van der Waals surface area contributed by atoms with E-state index in [0.29, 0.717) is 43.5 Å². The van der Waals surface area contributed by atoms with Crippen LogP contribution >= 0.6 is 11.8 Å². The van der Waals surface area contributed by atoms with Crippen molar-refractivity contribution in [1.82, 2.24) is 15.1 Å². The van der Waals surface area contributed by atoms with E-state index < -0.39 is 0 Å². The lowest BCUT2D eigenvalue weighted by molar-refractivity contribution is 0.108. The molecule has 7 heteroatoms. The summed E-state index contributed by atoms with van der Waals surface area (Å²) in [6, 6.07) is 8.72. The highest BCUT2D eigenvalue weighted by Crippen LogP contribution is 2.17. The number of thioether (sulfide) groups is 1. The van der Waals surface area contributed by atoms with Crippen LogP contribution in [0, 0.1) is 0 Å². The number of hydrogen-bond acceptors (Lipinski definition) is 4. The summed E-state index contributed by atoms with van der Waals surface area (Å²) in [5.41, 5.74) is 0.515. The van der Waals surface area contributed by atoms with Crippen LogP contribution in [0.5, 0.6) is 0 Å². The van der Waals surface area contributed by atoms with Gasteiger partial charge in [0.05, 0.1) is 0 Å². The van der Waals surface area contributed by atoms with Gasteiger partial charge in [-0.15, -0.1) is 0 Å². The Morgan fingerprint density at radius 3 is 2.13 bits per heavy atom. The largest absolute Gasteiger partial charge is 0.336 e. The van der Waals surface area contributed by atoms with Crippen molar-refractivity contribution in [2.75, 3.05) is 26.2 Å². The summed E-state index contributed by atoms with van der Waals surface area (Å²) in [5, 5.41) is 2.32. The lowest BCUT2D eigenvalue weighted by atomic mass is 10.2. The fourth-order valence-corrected chi connectivity index (χ4v) is 2.93. The number of nitrogens with one attached hydrogen (secondary N) is 1. The molecule has 0 unspecified atom stereocenters. The highest BCUT2D eigenvalue weighted by atomic mass is 32.2. The Morgan fingerprint density at radius 2 is 1.57 bits per heavy atom. The monoisotopic (exact) mass is 335 g/mol. The van der Waals surface area contributed by atoms with E-state index in [4.69, 9.17) is 0 Å². The smallest absolute Gasteiger partial charge is 0.317 e. The zero-order valence-electron chi connectivity index (χ0n) is 13.3. The summed E-state index contributed by atoms with van der Waals surface area (Å²) >= 11 is 0.709. The molecule has 0 aromatic heterocycles. The van der Waals surface area contributed by atoms with Gasteiger partial charge in [-0.2, -0.15) is 0 Å². The van der Waals surface area contributed by atoms with E-state index in [1.165, 1.54) is 0 Å². The number of carbonyl (C=O) groups excluding carboxylic acids is 3. The number of benzene rings is 1. The van der Waals surface area contributed by atoms with Gasteiger partial charge in [0.15, 0.2) is 0 Å². The third-order valence-electron chi connectivity index (χ3n) is 3.43. The number of urea groups is 1. The van der Waals surface area contributed by atoms with Crippen LogP contribution in [0.4, 0.5) is 9.59 Å². The minimum Gasteiger partial charge on any atom is -0.336 e. The first-order valence-electron chi connectivity index (χ1n) is 7.59. The molecule has 1 aliphatic rings. The van der Waals surface area contributed by atoms with Crippen molar-refractivity contribution in [3.8, 4) is 0 Å². The van der Waals surface area contributed by atoms with E-state index in [0.717, 1.165) is 0 Å². The second-order valence-corrected chi connectivity index (χ2v) is 6.52. The van der Waals surface area contributed by atoms with Crippen molar-refractivity contribution in [1.29, 1.82) is 0 Å². The molecule has 6 nitrogen and oxygen atoms in total. The molecule has 1 fully saturated rings. The molecule has 1 aliphatic heterocycles. The quantitative estimate of drug-likeness (QED) is 0.901. The van der Waals surface area contributed by atoms with Crippen LogP contribution in [0.1, 0.15) is 24.2 Å². The second kappa shape index (κ2) is 8.01. The minimum atomic E-state index is -0.261. The van der Waals surface area contributed by atoms with Crippen LogP contribution in [0.2, 0.25) is 0 Å². The van der Waals surface area contributed by atoms with Gasteiger partial charge in [0.1, 0.15) is 0 Å². The summed E-state index contributed by atoms with van der Waals surface area (Å²) in [6.07, 6.45) is 0. The standard InChI is InChI=1S/C16H21N3O3S/c1-12(2)17-15(21)18-8-10-19(11-9-18)16(22)23-14(20)13-6-4-3-5-7-13/h3-7,12H,8-11H2,1-2H3,(H,17,21). The number of nitrogens with zero attached hydrogens (tertiary/aromatic N) is 2. The topological polar surface area (TPSA) is 69.7 Å². The molecule has 23 heavy (non-hydrogen) atoms. The Kier molecular flexibility index (Phi) is 6.04. The average molecular weight is 335 g/mol. The maximum Gasteiger partial charge on any atom is 0.317 e. The molecule has 124 valence electrons. The molecule has 3 amide bonds. The summed E-state index contributed by atoms with van der Waals surface area (Å²) in [6.45, 7) is 5.65. The summed E-state index contributed by atoms with van der Waals surface area (Å²) < 4.78 is 0. The molecule has 1 heterocycles. The molecule has 1 aromatic rings. The van der Waals surface area contributed by atoms with Crippen LogP contribution < -0.4 is 5.32 Å². The predicted octanol–water partition coefficient (Wildman–Crippen LogP) is 2.42. The van der Waals surface area contributed by atoms with Crippen molar-refractivity contribution in [3.05, 3.63) is 35.9 Å². The number of hydrogen-bond donors (Lipinski definition) is 1. The second-order valence-electron chi connectivity index (χ2n) is 5.60. The van der Waals surface area contributed by atoms with Gasteiger partial charge in [-0.25, -0.2) is 4.79 Å². The number of amides is 3. The fourth-order valence-electron chi connectivity index (χ4n) is 2.21. The van der Waals surface area contributed by atoms with E-state index in [2.05, 4.69) is 5.32 Å². The summed E-state index contributed by atoms with van der Waals surface area (Å²) in [5.74, 6) is 0. The third-order valence-corrected chi connectivity index (χ3v) is 4.28. The first-order valence-corrected chi connectivity index (χ1v) is 8.40. The number of piperazine rings is 1. The molecule has 0 radical (unpaired) electrons. The van der Waals surface area contributed by atoms with Gasteiger partial charge in [0.2, 0.25) is 5.12 Å². The fraction of sp³-hybridized carbons (Fsp3) is 0.438. The Labute approximate surface area is 140 Å². The summed E-state index contributed by atoms with van der Waals surface area (Å²) in [4.78, 5) is 39.4. The van der Waals surface area contributed by atoms with Crippen LogP contribution in [0.25, 0.3) is 0 Å². The van der Waals surface area contributed by atoms with E-state index in [1.807, 2.05) is 19.9 Å². The van der Waals surface area contributed by atoms with Crippen molar-refractivity contribution in [2.24, 2.45) is 0 Å². The van der Waals surface area contributed by atoms with Gasteiger partial charge < -0.3 is 15.1 Å². The van der Waals surface area contributed by atoms with Gasteiger partial charge in [-0.1, -0.05) is 30.3 Å². The molecule has 1 N–H and O–H groups in total. The Bertz CT molecular complexity index is 569. The number of carbonyl (C=O) groups is 3. The molecule has 0 aliphatic carbocycles. The lowest BCUT2D eigenvalue weighted by Crippen LogP contribution is -2.53. The molecule has 0 atom stereocenters. The molecule has 1 saturated heterocycles. The third kappa shape index (κ3) is 4.99. The zero-order valence-corrected chi connectivity index (χ0v) is 14.1.